The van der Waals surface area contributed by atoms with Crippen LogP contribution in [0.15, 0.2) is 0 Å². The van der Waals surface area contributed by atoms with E-state index in [9.17, 15) is 0 Å². The van der Waals surface area contributed by atoms with Crippen molar-refractivity contribution in [2.45, 2.75) is 32.7 Å². The summed E-state index contributed by atoms with van der Waals surface area (Å²) in [5.41, 5.74) is 0. The highest BCUT2D eigenvalue weighted by Gasteiger charge is 2.13. The summed E-state index contributed by atoms with van der Waals surface area (Å²) in [5.74, 6) is 3.54. The van der Waals surface area contributed by atoms with E-state index < -0.39 is 0 Å². The summed E-state index contributed by atoms with van der Waals surface area (Å²) < 4.78 is 0. The maximum absolute atomic E-state index is 3.59. The van der Waals surface area contributed by atoms with Crippen molar-refractivity contribution in [3.8, 4) is 0 Å². The molecule has 1 aliphatic rings. The van der Waals surface area contributed by atoms with Crippen LogP contribution in [0.1, 0.15) is 26.7 Å². The molecule has 1 rings (SSSR count). The zero-order valence-corrected chi connectivity index (χ0v) is 8.41. The molecule has 1 aliphatic heterocycles. The van der Waals surface area contributed by atoms with Gasteiger partial charge in [-0.05, 0) is 31.1 Å². The van der Waals surface area contributed by atoms with E-state index in [4.69, 9.17) is 0 Å². The Morgan fingerprint density at radius 1 is 1.55 bits per heavy atom. The van der Waals surface area contributed by atoms with Gasteiger partial charge in [-0.1, -0.05) is 13.8 Å². The van der Waals surface area contributed by atoms with E-state index >= 15 is 0 Å². The molecule has 1 nitrogen and oxygen atoms in total. The third-order valence-electron chi connectivity index (χ3n) is 2.08. The fourth-order valence-corrected chi connectivity index (χ4v) is 2.46. The van der Waals surface area contributed by atoms with Crippen molar-refractivity contribution in [2.75, 3.05) is 18.1 Å². The molecule has 1 unspecified atom stereocenters. The minimum atomic E-state index is 0.818. The molecule has 1 atom stereocenters. The first-order valence-corrected chi connectivity index (χ1v) is 5.75. The van der Waals surface area contributed by atoms with Gasteiger partial charge in [-0.2, -0.15) is 11.8 Å². The largest absolute Gasteiger partial charge is 0.313 e. The zero-order chi connectivity index (χ0) is 8.10. The molecule has 66 valence electrons. The third kappa shape index (κ3) is 4.02. The molecule has 0 aromatic heterocycles. The molecule has 0 bridgehead atoms. The van der Waals surface area contributed by atoms with Crippen LogP contribution in [0.2, 0.25) is 0 Å². The van der Waals surface area contributed by atoms with E-state index in [-0.39, 0.29) is 0 Å². The van der Waals surface area contributed by atoms with E-state index in [0.29, 0.717) is 0 Å². The first-order chi connectivity index (χ1) is 5.29. The van der Waals surface area contributed by atoms with Crippen molar-refractivity contribution in [1.82, 2.24) is 5.32 Å². The highest BCUT2D eigenvalue weighted by Crippen LogP contribution is 2.16. The van der Waals surface area contributed by atoms with E-state index in [1.807, 2.05) is 0 Å². The average Bonchev–Trinajstić information content (AvgIpc) is 2.39. The van der Waals surface area contributed by atoms with E-state index in [2.05, 4.69) is 30.9 Å². The van der Waals surface area contributed by atoms with Gasteiger partial charge in [0.25, 0.3) is 0 Å². The van der Waals surface area contributed by atoms with Gasteiger partial charge in [-0.15, -0.1) is 0 Å². The van der Waals surface area contributed by atoms with Gasteiger partial charge in [-0.3, -0.25) is 0 Å². The first-order valence-electron chi connectivity index (χ1n) is 4.60. The van der Waals surface area contributed by atoms with Crippen molar-refractivity contribution < 1.29 is 0 Å². The Bertz CT molecular complexity index is 97.7. The second-order valence-electron chi connectivity index (χ2n) is 3.70. The Morgan fingerprint density at radius 2 is 2.36 bits per heavy atom. The lowest BCUT2D eigenvalue weighted by molar-refractivity contribution is 0.491. The maximum atomic E-state index is 3.59. The van der Waals surface area contributed by atoms with Gasteiger partial charge in [0.05, 0.1) is 0 Å². The normalized spacial score (nSPS) is 24.8. The molecule has 1 saturated heterocycles. The summed E-state index contributed by atoms with van der Waals surface area (Å²) in [6, 6.07) is 0.818. The van der Waals surface area contributed by atoms with Gasteiger partial charge in [0.1, 0.15) is 0 Å². The topological polar surface area (TPSA) is 12.0 Å². The van der Waals surface area contributed by atoms with Gasteiger partial charge in [0.2, 0.25) is 0 Å². The fraction of sp³-hybridized carbons (Fsp3) is 1.00. The lowest BCUT2D eigenvalue weighted by Gasteiger charge is -2.11. The molecule has 0 saturated carbocycles. The van der Waals surface area contributed by atoms with Crippen LogP contribution in [0.5, 0.6) is 0 Å². The molecule has 0 spiro atoms. The van der Waals surface area contributed by atoms with Crippen LogP contribution in [-0.4, -0.2) is 24.1 Å². The molecule has 0 radical (unpaired) electrons. The van der Waals surface area contributed by atoms with E-state index in [0.717, 1.165) is 12.0 Å². The Hall–Kier alpha value is 0.310. The predicted molar refractivity (Wildman–Crippen MR) is 53.2 cm³/mol. The summed E-state index contributed by atoms with van der Waals surface area (Å²) in [6.07, 6.45) is 2.70. The SMILES string of the molecule is CC(C)CCNC1CCSC1. The van der Waals surface area contributed by atoms with E-state index in [1.54, 1.807) is 0 Å². The van der Waals surface area contributed by atoms with Crippen LogP contribution in [0.25, 0.3) is 0 Å². The molecule has 1 fully saturated rings. The summed E-state index contributed by atoms with van der Waals surface area (Å²) in [5, 5.41) is 3.59. The molecule has 0 aromatic carbocycles. The summed E-state index contributed by atoms with van der Waals surface area (Å²) in [6.45, 7) is 5.78. The molecular weight excluding hydrogens is 154 g/mol. The van der Waals surface area contributed by atoms with Crippen molar-refractivity contribution >= 4 is 11.8 Å². The lowest BCUT2D eigenvalue weighted by atomic mass is 10.1. The Morgan fingerprint density at radius 3 is 2.91 bits per heavy atom. The number of hydrogen-bond acceptors (Lipinski definition) is 2. The molecule has 0 aromatic rings. The second-order valence-corrected chi connectivity index (χ2v) is 4.85. The zero-order valence-electron chi connectivity index (χ0n) is 7.60. The smallest absolute Gasteiger partial charge is 0.0166 e. The van der Waals surface area contributed by atoms with Crippen molar-refractivity contribution in [2.24, 2.45) is 5.92 Å². The van der Waals surface area contributed by atoms with Crippen LogP contribution in [0.4, 0.5) is 0 Å². The van der Waals surface area contributed by atoms with Gasteiger partial charge in [0, 0.05) is 11.8 Å². The van der Waals surface area contributed by atoms with Gasteiger partial charge in [0.15, 0.2) is 0 Å². The monoisotopic (exact) mass is 173 g/mol. The molecule has 1 N–H and O–H groups in total. The minimum absolute atomic E-state index is 0.818. The third-order valence-corrected chi connectivity index (χ3v) is 3.25. The average molecular weight is 173 g/mol. The van der Waals surface area contributed by atoms with Crippen molar-refractivity contribution in [3.63, 3.8) is 0 Å². The molecule has 2 heteroatoms. The minimum Gasteiger partial charge on any atom is -0.313 e. The molecule has 0 amide bonds. The van der Waals surface area contributed by atoms with Crippen LogP contribution in [0, 0.1) is 5.92 Å². The molecule has 1 heterocycles. The van der Waals surface area contributed by atoms with Crippen molar-refractivity contribution in [3.05, 3.63) is 0 Å². The first kappa shape index (κ1) is 9.40. The predicted octanol–water partition coefficient (Wildman–Crippen LogP) is 2.13. The van der Waals surface area contributed by atoms with Crippen LogP contribution in [-0.2, 0) is 0 Å². The van der Waals surface area contributed by atoms with Gasteiger partial charge in [-0.25, -0.2) is 0 Å². The molecule has 0 aliphatic carbocycles. The van der Waals surface area contributed by atoms with Crippen molar-refractivity contribution in [1.29, 1.82) is 0 Å². The van der Waals surface area contributed by atoms with Crippen LogP contribution in [0.3, 0.4) is 0 Å². The van der Waals surface area contributed by atoms with Crippen LogP contribution < -0.4 is 5.32 Å². The Labute approximate surface area is 74.3 Å². The Balaban J connectivity index is 1.94. The Kier molecular flexibility index (Phi) is 4.31. The standard InChI is InChI=1S/C9H19NS/c1-8(2)3-5-10-9-4-6-11-7-9/h8-10H,3-7H2,1-2H3. The fourth-order valence-electron chi connectivity index (χ4n) is 1.27. The second kappa shape index (κ2) is 5.04. The van der Waals surface area contributed by atoms with Crippen LogP contribution >= 0.6 is 11.8 Å². The summed E-state index contributed by atoms with van der Waals surface area (Å²) >= 11 is 2.08. The van der Waals surface area contributed by atoms with Gasteiger partial charge < -0.3 is 5.32 Å². The molecule has 11 heavy (non-hydrogen) atoms. The number of nitrogens with one attached hydrogen (secondary N) is 1. The highest BCUT2D eigenvalue weighted by atomic mass is 32.2. The lowest BCUT2D eigenvalue weighted by Crippen LogP contribution is -2.30. The summed E-state index contributed by atoms with van der Waals surface area (Å²) in [4.78, 5) is 0. The molecular formula is C9H19NS. The summed E-state index contributed by atoms with van der Waals surface area (Å²) in [7, 11) is 0. The quantitative estimate of drug-likeness (QED) is 0.699. The maximum Gasteiger partial charge on any atom is 0.0166 e. The number of thioether (sulfide) groups is 1. The highest BCUT2D eigenvalue weighted by molar-refractivity contribution is 7.99. The van der Waals surface area contributed by atoms with Gasteiger partial charge >= 0.3 is 0 Å². The number of hydrogen-bond donors (Lipinski definition) is 1. The number of rotatable bonds is 4. The van der Waals surface area contributed by atoms with E-state index in [1.165, 1.54) is 30.9 Å².